The predicted octanol–water partition coefficient (Wildman–Crippen LogP) is 4.38. The molecular weight excluding hydrogens is 466 g/mol. The second-order valence-corrected chi connectivity index (χ2v) is 8.17. The van der Waals surface area contributed by atoms with Crippen molar-refractivity contribution in [3.05, 3.63) is 58.6 Å². The quantitative estimate of drug-likeness (QED) is 0.568. The minimum absolute atomic E-state index is 0.0363. The van der Waals surface area contributed by atoms with E-state index in [1.54, 1.807) is 0 Å². The number of nitrogens with one attached hydrogen (secondary N) is 2. The number of halogens is 5. The number of hydrogen-bond acceptors (Lipinski definition) is 4. The van der Waals surface area contributed by atoms with Crippen LogP contribution in [0.4, 0.5) is 17.6 Å². The van der Waals surface area contributed by atoms with Crippen molar-refractivity contribution in [2.45, 2.75) is 37.9 Å². The van der Waals surface area contributed by atoms with Crippen LogP contribution in [0, 0.1) is 11.7 Å². The Labute approximate surface area is 192 Å². The van der Waals surface area contributed by atoms with E-state index in [9.17, 15) is 27.2 Å². The van der Waals surface area contributed by atoms with Crippen molar-refractivity contribution < 1.29 is 31.9 Å². The number of hydrogen-bond donors (Lipinski definition) is 2. The molecule has 1 aliphatic carbocycles. The van der Waals surface area contributed by atoms with E-state index in [0.717, 1.165) is 31.0 Å². The Morgan fingerprint density at radius 3 is 2.52 bits per heavy atom. The van der Waals surface area contributed by atoms with Crippen molar-refractivity contribution in [3.63, 3.8) is 0 Å². The number of pyridine rings is 1. The minimum Gasteiger partial charge on any atom is -0.484 e. The Morgan fingerprint density at radius 1 is 1.12 bits per heavy atom. The third-order valence-electron chi connectivity index (χ3n) is 5.30. The molecule has 0 atom stereocenters. The second-order valence-electron chi connectivity index (χ2n) is 7.77. The molecule has 1 aromatic heterocycles. The molecule has 1 saturated carbocycles. The number of ether oxygens (including phenoxy) is 1. The van der Waals surface area contributed by atoms with Crippen LogP contribution in [0.15, 0.2) is 36.4 Å². The van der Waals surface area contributed by atoms with E-state index >= 15 is 0 Å². The zero-order valence-electron chi connectivity index (χ0n) is 17.4. The first-order valence-electron chi connectivity index (χ1n) is 10.3. The van der Waals surface area contributed by atoms with Gasteiger partial charge in [-0.1, -0.05) is 17.7 Å². The Balaban J connectivity index is 1.38. The van der Waals surface area contributed by atoms with Gasteiger partial charge < -0.3 is 15.4 Å². The molecule has 6 nitrogen and oxygen atoms in total. The van der Waals surface area contributed by atoms with Crippen LogP contribution < -0.4 is 15.4 Å². The van der Waals surface area contributed by atoms with Crippen LogP contribution in [-0.4, -0.2) is 36.0 Å². The second kappa shape index (κ2) is 10.8. The van der Waals surface area contributed by atoms with Crippen molar-refractivity contribution in [2.75, 3.05) is 13.2 Å². The Morgan fingerprint density at radius 2 is 1.85 bits per heavy atom. The molecule has 11 heteroatoms. The molecule has 1 heterocycles. The molecule has 0 spiro atoms. The number of nitrogens with zero attached hydrogens (tertiary/aromatic N) is 1. The third-order valence-corrected chi connectivity index (χ3v) is 5.60. The average Bonchev–Trinajstić information content (AvgIpc) is 2.78. The molecule has 1 aromatic carbocycles. The first-order chi connectivity index (χ1) is 15.6. The van der Waals surface area contributed by atoms with Crippen LogP contribution in [0.5, 0.6) is 5.75 Å². The van der Waals surface area contributed by atoms with Crippen LogP contribution in [0.3, 0.4) is 0 Å². The number of alkyl halides is 3. The first kappa shape index (κ1) is 24.8. The van der Waals surface area contributed by atoms with Gasteiger partial charge in [0.05, 0.1) is 5.02 Å². The summed E-state index contributed by atoms with van der Waals surface area (Å²) in [5, 5.41) is 5.46. The molecule has 1 fully saturated rings. The van der Waals surface area contributed by atoms with Gasteiger partial charge in [0.15, 0.2) is 6.61 Å². The fraction of sp³-hybridized carbons (Fsp3) is 0.409. The fourth-order valence-electron chi connectivity index (χ4n) is 3.54. The van der Waals surface area contributed by atoms with E-state index < -0.39 is 23.6 Å². The van der Waals surface area contributed by atoms with Crippen molar-refractivity contribution in [2.24, 2.45) is 5.92 Å². The number of rotatable bonds is 7. The molecule has 1 aliphatic rings. The van der Waals surface area contributed by atoms with Crippen LogP contribution in [0.2, 0.25) is 5.02 Å². The number of carbonyl (C=O) groups excluding carboxylic acids is 2. The molecular formula is C22H22ClF4N3O3. The van der Waals surface area contributed by atoms with Gasteiger partial charge in [-0.15, -0.1) is 0 Å². The number of aromatic nitrogens is 1. The highest BCUT2D eigenvalue weighted by Gasteiger charge is 2.33. The van der Waals surface area contributed by atoms with E-state index in [0.29, 0.717) is 19.4 Å². The number of carbonyl (C=O) groups is 2. The molecule has 2 N–H and O–H groups in total. The van der Waals surface area contributed by atoms with Crippen molar-refractivity contribution in [3.8, 4) is 5.75 Å². The molecule has 2 amide bonds. The minimum atomic E-state index is -4.62. The molecule has 0 radical (unpaired) electrons. The summed E-state index contributed by atoms with van der Waals surface area (Å²) in [5.74, 6) is -1.29. The lowest BCUT2D eigenvalue weighted by Gasteiger charge is -2.29. The smallest absolute Gasteiger partial charge is 0.433 e. The lowest BCUT2D eigenvalue weighted by molar-refractivity contribution is -0.141. The summed E-state index contributed by atoms with van der Waals surface area (Å²) < 4.78 is 56.9. The summed E-state index contributed by atoms with van der Waals surface area (Å²) in [6.45, 7) is 0.0454. The zero-order valence-corrected chi connectivity index (χ0v) is 18.2. The van der Waals surface area contributed by atoms with Gasteiger partial charge in [-0.2, -0.15) is 13.2 Å². The van der Waals surface area contributed by atoms with Crippen LogP contribution in [0.1, 0.15) is 41.9 Å². The first-order valence-corrected chi connectivity index (χ1v) is 10.7. The van der Waals surface area contributed by atoms with Gasteiger partial charge in [0, 0.05) is 18.7 Å². The third kappa shape index (κ3) is 7.31. The van der Waals surface area contributed by atoms with E-state index in [-0.39, 0.29) is 40.9 Å². The average molecular weight is 488 g/mol. The highest BCUT2D eigenvalue weighted by molar-refractivity contribution is 6.30. The molecule has 3 rings (SSSR count). The fourth-order valence-corrected chi connectivity index (χ4v) is 3.66. The van der Waals surface area contributed by atoms with Gasteiger partial charge >= 0.3 is 6.18 Å². The monoisotopic (exact) mass is 487 g/mol. The lowest BCUT2D eigenvalue weighted by Crippen LogP contribution is -2.41. The van der Waals surface area contributed by atoms with Crippen LogP contribution in [-0.2, 0) is 11.0 Å². The van der Waals surface area contributed by atoms with Crippen LogP contribution in [0.25, 0.3) is 0 Å². The zero-order chi connectivity index (χ0) is 24.0. The highest BCUT2D eigenvalue weighted by Crippen LogP contribution is 2.27. The SMILES string of the molecule is O=C(COc1ccc(Cl)c(F)c1)NC1CCC(CNC(=O)c2cccc(C(F)(F)F)n2)CC1. The van der Waals surface area contributed by atoms with Gasteiger partial charge in [-0.3, -0.25) is 9.59 Å². The Kier molecular flexibility index (Phi) is 8.12. The maximum absolute atomic E-state index is 13.4. The van der Waals surface area contributed by atoms with Gasteiger partial charge in [-0.05, 0) is 55.9 Å². The molecule has 0 unspecified atom stereocenters. The summed E-state index contributed by atoms with van der Waals surface area (Å²) in [4.78, 5) is 27.6. The van der Waals surface area contributed by atoms with Crippen molar-refractivity contribution >= 4 is 23.4 Å². The van der Waals surface area contributed by atoms with Gasteiger partial charge in [0.2, 0.25) is 0 Å². The molecule has 33 heavy (non-hydrogen) atoms. The standard InChI is InChI=1S/C22H22ClF4N3O3/c23-16-9-8-15(10-17(16)24)33-12-20(31)29-14-6-4-13(5-7-14)11-28-21(32)18-2-1-3-19(30-18)22(25,26)27/h1-3,8-10,13-14H,4-7,11-12H2,(H,28,32)(H,29,31). The van der Waals surface area contributed by atoms with Crippen molar-refractivity contribution in [1.82, 2.24) is 15.6 Å². The summed E-state index contributed by atoms with van der Waals surface area (Å²) in [6, 6.07) is 7.04. The van der Waals surface area contributed by atoms with Gasteiger partial charge in [0.1, 0.15) is 23.0 Å². The lowest BCUT2D eigenvalue weighted by atomic mass is 9.86. The maximum atomic E-state index is 13.4. The molecule has 0 bridgehead atoms. The number of benzene rings is 1. The molecule has 0 saturated heterocycles. The summed E-state index contributed by atoms with van der Waals surface area (Å²) in [5.41, 5.74) is -1.40. The highest BCUT2D eigenvalue weighted by atomic mass is 35.5. The number of amides is 2. The molecule has 178 valence electrons. The maximum Gasteiger partial charge on any atom is 0.433 e. The topological polar surface area (TPSA) is 80.3 Å². The normalized spacial score (nSPS) is 18.5. The Bertz CT molecular complexity index is 995. The van der Waals surface area contributed by atoms with Crippen LogP contribution >= 0.6 is 11.6 Å². The predicted molar refractivity (Wildman–Crippen MR) is 112 cm³/mol. The van der Waals surface area contributed by atoms with Gasteiger partial charge in [0.25, 0.3) is 11.8 Å². The van der Waals surface area contributed by atoms with E-state index in [4.69, 9.17) is 16.3 Å². The summed E-state index contributed by atoms with van der Waals surface area (Å²) in [6.07, 6.45) is -1.79. The molecule has 2 aromatic rings. The van der Waals surface area contributed by atoms with Crippen molar-refractivity contribution in [1.29, 1.82) is 0 Å². The molecule has 0 aliphatic heterocycles. The largest absolute Gasteiger partial charge is 0.484 e. The van der Waals surface area contributed by atoms with Gasteiger partial charge in [-0.25, -0.2) is 9.37 Å². The van der Waals surface area contributed by atoms with E-state index in [1.165, 1.54) is 18.2 Å². The van der Waals surface area contributed by atoms with E-state index in [1.807, 2.05) is 0 Å². The van der Waals surface area contributed by atoms with E-state index in [2.05, 4.69) is 15.6 Å². The summed E-state index contributed by atoms with van der Waals surface area (Å²) in [7, 11) is 0. The summed E-state index contributed by atoms with van der Waals surface area (Å²) >= 11 is 5.60. The Hall–Kier alpha value is -2.88.